The average Bonchev–Trinajstić information content (AvgIpc) is 3.32. The highest BCUT2D eigenvalue weighted by molar-refractivity contribution is 6.22. The topological polar surface area (TPSA) is 83.7 Å². The summed E-state index contributed by atoms with van der Waals surface area (Å²) < 4.78 is 18.8. The molecule has 3 aromatic rings. The van der Waals surface area contributed by atoms with E-state index in [1.807, 2.05) is 0 Å². The van der Waals surface area contributed by atoms with Crippen molar-refractivity contribution >= 4 is 17.7 Å². The Bertz CT molecular complexity index is 1260. The Hall–Kier alpha value is -3.81. The van der Waals surface area contributed by atoms with E-state index in [1.165, 1.54) is 23.1 Å². The molecule has 2 aliphatic heterocycles. The number of halogens is 1. The molecule has 32 heavy (non-hydrogen) atoms. The zero-order chi connectivity index (χ0) is 22.6. The van der Waals surface area contributed by atoms with Crippen molar-refractivity contribution in [3.05, 3.63) is 76.2 Å². The molecule has 5 rings (SSSR count). The molecule has 0 unspecified atom stereocenters. The number of hydrogen-bond donors (Lipinski definition) is 0. The lowest BCUT2D eigenvalue weighted by molar-refractivity contribution is 0.0608. The highest BCUT2D eigenvalue weighted by atomic mass is 19.1. The van der Waals surface area contributed by atoms with Gasteiger partial charge in [0.1, 0.15) is 5.82 Å². The lowest BCUT2D eigenvalue weighted by atomic mass is 10.00. The molecule has 1 aromatic heterocycles. The zero-order valence-electron chi connectivity index (χ0n) is 17.6. The minimum absolute atomic E-state index is 0.243. The maximum Gasteiger partial charge on any atom is 0.261 e. The summed E-state index contributed by atoms with van der Waals surface area (Å²) in [6.45, 7) is 4.28. The molecule has 2 aromatic carbocycles. The second-order valence-electron chi connectivity index (χ2n) is 8.25. The Labute approximate surface area is 183 Å². The lowest BCUT2D eigenvalue weighted by Crippen LogP contribution is -2.36. The number of carbonyl (C=O) groups excluding carboxylic acids is 3. The van der Waals surface area contributed by atoms with Crippen LogP contribution in [-0.4, -0.2) is 45.3 Å². The lowest BCUT2D eigenvalue weighted by Gasteiger charge is -2.26. The Morgan fingerprint density at radius 3 is 2.50 bits per heavy atom. The number of rotatable bonds is 3. The first-order valence-electron chi connectivity index (χ1n) is 10.4. The van der Waals surface area contributed by atoms with Crippen molar-refractivity contribution < 1.29 is 23.3 Å². The number of carbonyl (C=O) groups is 3. The number of nitrogens with zero attached hydrogens (tertiary/aromatic N) is 3. The number of fused-ring (bicyclic) bond motifs is 2. The van der Waals surface area contributed by atoms with Crippen LogP contribution < -0.4 is 0 Å². The number of imide groups is 1. The summed E-state index contributed by atoms with van der Waals surface area (Å²) in [6.07, 6.45) is 0.523. The second-order valence-corrected chi connectivity index (χ2v) is 8.25. The van der Waals surface area contributed by atoms with E-state index in [0.717, 1.165) is 11.3 Å². The number of amides is 3. The fourth-order valence-corrected chi connectivity index (χ4v) is 4.26. The SMILES string of the molecule is CC(C)N1C(=O)c2ccc(C(=O)N3CCc4noc(-c5ccc(F)cc5)c4C3)cc2C1=O. The molecule has 3 heterocycles. The highest BCUT2D eigenvalue weighted by Crippen LogP contribution is 2.32. The van der Waals surface area contributed by atoms with Gasteiger partial charge < -0.3 is 9.42 Å². The van der Waals surface area contributed by atoms with E-state index in [9.17, 15) is 18.8 Å². The van der Waals surface area contributed by atoms with Crippen LogP contribution in [0.2, 0.25) is 0 Å². The van der Waals surface area contributed by atoms with Crippen molar-refractivity contribution in [1.29, 1.82) is 0 Å². The van der Waals surface area contributed by atoms with E-state index < -0.39 is 0 Å². The molecule has 0 bridgehead atoms. The van der Waals surface area contributed by atoms with Crippen LogP contribution in [0.4, 0.5) is 4.39 Å². The van der Waals surface area contributed by atoms with Crippen LogP contribution in [0.3, 0.4) is 0 Å². The number of aromatic nitrogens is 1. The van der Waals surface area contributed by atoms with Crippen LogP contribution in [-0.2, 0) is 13.0 Å². The van der Waals surface area contributed by atoms with Crippen LogP contribution in [0.5, 0.6) is 0 Å². The number of benzene rings is 2. The van der Waals surface area contributed by atoms with Gasteiger partial charge >= 0.3 is 0 Å². The third kappa shape index (κ3) is 3.10. The van der Waals surface area contributed by atoms with Crippen molar-refractivity contribution in [2.75, 3.05) is 6.54 Å². The van der Waals surface area contributed by atoms with Gasteiger partial charge in [-0.05, 0) is 56.3 Å². The Kier molecular flexibility index (Phi) is 4.65. The summed E-state index contributed by atoms with van der Waals surface area (Å²) in [7, 11) is 0. The predicted octanol–water partition coefficient (Wildman–Crippen LogP) is 3.68. The van der Waals surface area contributed by atoms with E-state index in [2.05, 4.69) is 5.16 Å². The molecule has 0 saturated carbocycles. The highest BCUT2D eigenvalue weighted by Gasteiger charge is 2.38. The van der Waals surface area contributed by atoms with E-state index in [0.29, 0.717) is 35.4 Å². The molecule has 0 N–H and O–H groups in total. The predicted molar refractivity (Wildman–Crippen MR) is 112 cm³/mol. The molecule has 0 atom stereocenters. The molecule has 0 saturated heterocycles. The van der Waals surface area contributed by atoms with Crippen LogP contribution in [0.15, 0.2) is 47.0 Å². The van der Waals surface area contributed by atoms with Gasteiger partial charge in [-0.3, -0.25) is 19.3 Å². The molecule has 2 aliphatic rings. The standard InChI is InChI=1S/C24H20FN3O4/c1-13(2)28-23(30)17-8-5-15(11-18(17)24(28)31)22(29)27-10-9-20-19(12-27)21(32-26-20)14-3-6-16(25)7-4-14/h3-8,11,13H,9-10,12H2,1-2H3. The van der Waals surface area contributed by atoms with Gasteiger partial charge in [-0.25, -0.2) is 4.39 Å². The van der Waals surface area contributed by atoms with Gasteiger partial charge in [0, 0.05) is 35.7 Å². The summed E-state index contributed by atoms with van der Waals surface area (Å²) in [6, 6.07) is 10.3. The fraction of sp³-hybridized carbons (Fsp3) is 0.250. The summed E-state index contributed by atoms with van der Waals surface area (Å²) in [4.78, 5) is 41.3. The molecular weight excluding hydrogens is 413 g/mol. The first-order chi connectivity index (χ1) is 15.3. The molecule has 0 aliphatic carbocycles. The van der Waals surface area contributed by atoms with E-state index >= 15 is 0 Å². The molecule has 3 amide bonds. The minimum atomic E-state index is -0.381. The van der Waals surface area contributed by atoms with Crippen LogP contribution in [0.1, 0.15) is 56.2 Å². The fourth-order valence-electron chi connectivity index (χ4n) is 4.26. The van der Waals surface area contributed by atoms with Crippen LogP contribution >= 0.6 is 0 Å². The monoisotopic (exact) mass is 433 g/mol. The second kappa shape index (κ2) is 7.40. The van der Waals surface area contributed by atoms with Crippen molar-refractivity contribution in [1.82, 2.24) is 15.0 Å². The third-order valence-corrected chi connectivity index (χ3v) is 5.91. The average molecular weight is 433 g/mol. The van der Waals surface area contributed by atoms with Gasteiger partial charge in [0.2, 0.25) is 0 Å². The van der Waals surface area contributed by atoms with Crippen molar-refractivity contribution in [2.24, 2.45) is 0 Å². The summed E-state index contributed by atoms with van der Waals surface area (Å²) in [5.41, 5.74) is 3.16. The van der Waals surface area contributed by atoms with Gasteiger partial charge in [0.05, 0.1) is 23.4 Å². The van der Waals surface area contributed by atoms with Gasteiger partial charge in [-0.2, -0.15) is 0 Å². The zero-order valence-corrected chi connectivity index (χ0v) is 17.6. The first-order valence-corrected chi connectivity index (χ1v) is 10.4. The first kappa shape index (κ1) is 20.1. The van der Waals surface area contributed by atoms with Crippen molar-refractivity contribution in [3.63, 3.8) is 0 Å². The van der Waals surface area contributed by atoms with Gasteiger partial charge in [0.15, 0.2) is 5.76 Å². The van der Waals surface area contributed by atoms with Gasteiger partial charge in [-0.1, -0.05) is 5.16 Å². The number of hydrogen-bond acceptors (Lipinski definition) is 5. The molecular formula is C24H20FN3O4. The Morgan fingerprint density at radius 2 is 1.78 bits per heavy atom. The quantitative estimate of drug-likeness (QED) is 0.589. The van der Waals surface area contributed by atoms with E-state index in [4.69, 9.17) is 4.52 Å². The molecule has 162 valence electrons. The molecule has 7 nitrogen and oxygen atoms in total. The summed E-state index contributed by atoms with van der Waals surface area (Å²) in [5, 5.41) is 4.12. The molecule has 0 fully saturated rings. The van der Waals surface area contributed by atoms with Crippen LogP contribution in [0, 0.1) is 5.82 Å². The van der Waals surface area contributed by atoms with Crippen LogP contribution in [0.25, 0.3) is 11.3 Å². The third-order valence-electron chi connectivity index (χ3n) is 5.91. The molecule has 0 spiro atoms. The molecule has 0 radical (unpaired) electrons. The largest absolute Gasteiger partial charge is 0.356 e. The Balaban J connectivity index is 1.42. The van der Waals surface area contributed by atoms with Gasteiger partial charge in [-0.15, -0.1) is 0 Å². The van der Waals surface area contributed by atoms with Gasteiger partial charge in [0.25, 0.3) is 17.7 Å². The van der Waals surface area contributed by atoms with E-state index in [-0.39, 0.29) is 41.7 Å². The van der Waals surface area contributed by atoms with E-state index in [1.54, 1.807) is 43.0 Å². The Morgan fingerprint density at radius 1 is 1.06 bits per heavy atom. The summed E-state index contributed by atoms with van der Waals surface area (Å²) in [5.74, 6) is -0.796. The summed E-state index contributed by atoms with van der Waals surface area (Å²) >= 11 is 0. The smallest absolute Gasteiger partial charge is 0.261 e. The maximum absolute atomic E-state index is 13.3. The molecule has 8 heteroatoms. The maximum atomic E-state index is 13.3. The normalized spacial score (nSPS) is 15.4. The van der Waals surface area contributed by atoms with Crippen molar-refractivity contribution in [3.8, 4) is 11.3 Å². The van der Waals surface area contributed by atoms with Crippen molar-refractivity contribution in [2.45, 2.75) is 32.9 Å². The minimum Gasteiger partial charge on any atom is -0.356 e.